The van der Waals surface area contributed by atoms with Gasteiger partial charge in [0.1, 0.15) is 12.7 Å². The summed E-state index contributed by atoms with van der Waals surface area (Å²) in [5.41, 5.74) is 3.20. The normalized spacial score (nSPS) is 17.9. The summed E-state index contributed by atoms with van der Waals surface area (Å²) < 4.78 is 13.6. The minimum absolute atomic E-state index is 0.0890. The molecule has 0 spiro atoms. The van der Waals surface area contributed by atoms with Gasteiger partial charge in [0.2, 0.25) is 5.91 Å². The average molecular weight is 375 g/mol. The number of carbonyl (C=O) groups is 1. The summed E-state index contributed by atoms with van der Waals surface area (Å²) in [6, 6.07) is 17.6. The molecule has 5 rings (SSSR count). The van der Waals surface area contributed by atoms with Crippen LogP contribution in [0.25, 0.3) is 5.69 Å². The summed E-state index contributed by atoms with van der Waals surface area (Å²) >= 11 is 0. The summed E-state index contributed by atoms with van der Waals surface area (Å²) in [6.45, 7) is 1.67. The number of amides is 1. The van der Waals surface area contributed by atoms with Crippen molar-refractivity contribution < 1.29 is 14.3 Å². The molecule has 6 nitrogen and oxygen atoms in total. The van der Waals surface area contributed by atoms with Crippen molar-refractivity contribution in [2.24, 2.45) is 0 Å². The summed E-state index contributed by atoms with van der Waals surface area (Å²) in [5.74, 6) is 1.53. The zero-order chi connectivity index (χ0) is 18.9. The smallest absolute Gasteiger partial charge is 0.226 e. The fourth-order valence-electron chi connectivity index (χ4n) is 3.73. The first-order valence-electron chi connectivity index (χ1n) is 9.55. The van der Waals surface area contributed by atoms with E-state index < -0.39 is 0 Å². The van der Waals surface area contributed by atoms with Gasteiger partial charge in [-0.3, -0.25) is 4.79 Å². The van der Waals surface area contributed by atoms with Crippen molar-refractivity contribution in [3.05, 3.63) is 72.1 Å². The topological polar surface area (TPSA) is 56.6 Å². The van der Waals surface area contributed by atoms with Crippen LogP contribution < -0.4 is 9.47 Å². The molecule has 0 fully saturated rings. The third-order valence-corrected chi connectivity index (χ3v) is 5.20. The fourth-order valence-corrected chi connectivity index (χ4v) is 3.73. The maximum atomic E-state index is 12.8. The summed E-state index contributed by atoms with van der Waals surface area (Å²) in [7, 11) is 0. The van der Waals surface area contributed by atoms with Gasteiger partial charge < -0.3 is 14.4 Å². The van der Waals surface area contributed by atoms with Gasteiger partial charge in [0.25, 0.3) is 0 Å². The predicted octanol–water partition coefficient (Wildman–Crippen LogP) is 2.99. The van der Waals surface area contributed by atoms with Crippen LogP contribution in [-0.2, 0) is 17.8 Å². The third-order valence-electron chi connectivity index (χ3n) is 5.20. The predicted molar refractivity (Wildman–Crippen MR) is 104 cm³/mol. The molecule has 1 atom stereocenters. The Morgan fingerprint density at radius 1 is 1.07 bits per heavy atom. The van der Waals surface area contributed by atoms with Gasteiger partial charge in [-0.25, -0.2) is 4.68 Å². The molecule has 1 unspecified atom stereocenters. The van der Waals surface area contributed by atoms with E-state index in [1.165, 1.54) is 0 Å². The standard InChI is InChI=1S/C22H21N3O3/c26-22(12-18-15-27-20-8-4-5-9-21(20)28-18)24-11-10-19-16(13-24)14-25(23-19)17-6-2-1-3-7-17/h1-9,14,18H,10-13,15H2. The first-order valence-corrected chi connectivity index (χ1v) is 9.55. The highest BCUT2D eigenvalue weighted by atomic mass is 16.6. The Morgan fingerprint density at radius 2 is 1.86 bits per heavy atom. The van der Waals surface area contributed by atoms with E-state index >= 15 is 0 Å². The molecule has 3 heterocycles. The highest BCUT2D eigenvalue weighted by Crippen LogP contribution is 2.32. The molecule has 0 radical (unpaired) electrons. The van der Waals surface area contributed by atoms with Crippen molar-refractivity contribution in [3.8, 4) is 17.2 Å². The second kappa shape index (κ2) is 7.03. The van der Waals surface area contributed by atoms with Crippen LogP contribution in [0.4, 0.5) is 0 Å². The maximum Gasteiger partial charge on any atom is 0.226 e. The molecule has 0 saturated heterocycles. The number of benzene rings is 2. The van der Waals surface area contributed by atoms with Crippen molar-refractivity contribution in [3.63, 3.8) is 0 Å². The van der Waals surface area contributed by atoms with E-state index in [1.807, 2.05) is 70.4 Å². The average Bonchev–Trinajstić information content (AvgIpc) is 3.18. The lowest BCUT2D eigenvalue weighted by Gasteiger charge is -2.30. The monoisotopic (exact) mass is 375 g/mol. The van der Waals surface area contributed by atoms with E-state index in [-0.39, 0.29) is 12.0 Å². The SMILES string of the molecule is O=C(CC1COc2ccccc2O1)N1CCc2nn(-c3ccccc3)cc2C1. The van der Waals surface area contributed by atoms with E-state index in [0.717, 1.165) is 29.1 Å². The molecule has 0 bridgehead atoms. The van der Waals surface area contributed by atoms with Crippen LogP contribution in [-0.4, -0.2) is 39.8 Å². The zero-order valence-electron chi connectivity index (χ0n) is 15.5. The van der Waals surface area contributed by atoms with Gasteiger partial charge in [-0.15, -0.1) is 0 Å². The van der Waals surface area contributed by atoms with Crippen molar-refractivity contribution in [2.75, 3.05) is 13.2 Å². The molecular formula is C22H21N3O3. The minimum Gasteiger partial charge on any atom is -0.486 e. The number of ether oxygens (including phenoxy) is 2. The summed E-state index contributed by atoms with van der Waals surface area (Å²) in [4.78, 5) is 14.7. The third kappa shape index (κ3) is 3.22. The van der Waals surface area contributed by atoms with E-state index in [4.69, 9.17) is 9.47 Å². The van der Waals surface area contributed by atoms with E-state index in [9.17, 15) is 4.79 Å². The molecule has 1 amide bonds. The Bertz CT molecular complexity index is 999. The number of nitrogens with zero attached hydrogens (tertiary/aromatic N) is 3. The van der Waals surface area contributed by atoms with E-state index in [2.05, 4.69) is 5.10 Å². The molecule has 6 heteroatoms. The van der Waals surface area contributed by atoms with Crippen molar-refractivity contribution in [1.82, 2.24) is 14.7 Å². The van der Waals surface area contributed by atoms with Crippen molar-refractivity contribution >= 4 is 5.91 Å². The number of rotatable bonds is 3. The van der Waals surface area contributed by atoms with Gasteiger partial charge in [0.05, 0.1) is 17.8 Å². The molecule has 28 heavy (non-hydrogen) atoms. The Labute approximate surface area is 163 Å². The van der Waals surface area contributed by atoms with Gasteiger partial charge in [0.15, 0.2) is 11.5 Å². The summed E-state index contributed by atoms with van der Waals surface area (Å²) in [6.07, 6.45) is 2.86. The summed E-state index contributed by atoms with van der Waals surface area (Å²) in [5, 5.41) is 4.69. The molecule has 2 aliphatic heterocycles. The van der Waals surface area contributed by atoms with E-state index in [1.54, 1.807) is 0 Å². The lowest BCUT2D eigenvalue weighted by Crippen LogP contribution is -2.40. The lowest BCUT2D eigenvalue weighted by molar-refractivity contribution is -0.134. The number of carbonyl (C=O) groups excluding carboxylic acids is 1. The zero-order valence-corrected chi connectivity index (χ0v) is 15.5. The van der Waals surface area contributed by atoms with Crippen LogP contribution in [0, 0.1) is 0 Å². The Hall–Kier alpha value is -3.28. The molecule has 0 N–H and O–H groups in total. The van der Waals surface area contributed by atoms with Gasteiger partial charge in [-0.2, -0.15) is 5.10 Å². The molecule has 142 valence electrons. The highest BCUT2D eigenvalue weighted by molar-refractivity contribution is 5.77. The van der Waals surface area contributed by atoms with Gasteiger partial charge in [-0.05, 0) is 24.3 Å². The molecule has 2 aliphatic rings. The first-order chi connectivity index (χ1) is 13.8. The molecule has 1 aromatic heterocycles. The molecule has 0 saturated carbocycles. The number of fused-ring (bicyclic) bond motifs is 2. The molecule has 0 aliphatic carbocycles. The first kappa shape index (κ1) is 16.9. The Morgan fingerprint density at radius 3 is 2.71 bits per heavy atom. The molecule has 2 aromatic carbocycles. The number of hydrogen-bond acceptors (Lipinski definition) is 4. The van der Waals surface area contributed by atoms with Gasteiger partial charge >= 0.3 is 0 Å². The number of hydrogen-bond donors (Lipinski definition) is 0. The van der Waals surface area contributed by atoms with Crippen LogP contribution in [0.3, 0.4) is 0 Å². The number of aromatic nitrogens is 2. The van der Waals surface area contributed by atoms with Crippen molar-refractivity contribution in [1.29, 1.82) is 0 Å². The molecular weight excluding hydrogens is 354 g/mol. The maximum absolute atomic E-state index is 12.8. The fraction of sp³-hybridized carbons (Fsp3) is 0.273. The Kier molecular flexibility index (Phi) is 4.24. The van der Waals surface area contributed by atoms with Gasteiger partial charge in [0, 0.05) is 31.3 Å². The highest BCUT2D eigenvalue weighted by Gasteiger charge is 2.28. The minimum atomic E-state index is -0.254. The lowest BCUT2D eigenvalue weighted by atomic mass is 10.1. The van der Waals surface area contributed by atoms with Crippen LogP contribution >= 0.6 is 0 Å². The van der Waals surface area contributed by atoms with Gasteiger partial charge in [-0.1, -0.05) is 30.3 Å². The molecule has 3 aromatic rings. The van der Waals surface area contributed by atoms with Crippen LogP contribution in [0.5, 0.6) is 11.5 Å². The Balaban J connectivity index is 1.25. The van der Waals surface area contributed by atoms with Crippen LogP contribution in [0.15, 0.2) is 60.8 Å². The number of para-hydroxylation sites is 3. The largest absolute Gasteiger partial charge is 0.486 e. The van der Waals surface area contributed by atoms with Crippen molar-refractivity contribution in [2.45, 2.75) is 25.5 Å². The quantitative estimate of drug-likeness (QED) is 0.706. The van der Waals surface area contributed by atoms with Crippen LogP contribution in [0.2, 0.25) is 0 Å². The second-order valence-corrected chi connectivity index (χ2v) is 7.15. The van der Waals surface area contributed by atoms with Crippen LogP contribution in [0.1, 0.15) is 17.7 Å². The second-order valence-electron chi connectivity index (χ2n) is 7.15. The van der Waals surface area contributed by atoms with E-state index in [0.29, 0.717) is 31.9 Å².